The zero-order valence-electron chi connectivity index (χ0n) is 6.96. The standard InChI is InChI=1S/C8H5IN4O/c9-7-1-2-11-8(6(7)3-14)13-5-10-4-12-13/h1-5H. The molecule has 0 aliphatic heterocycles. The van der Waals surface area contributed by atoms with Crippen molar-refractivity contribution in [3.8, 4) is 5.82 Å². The predicted molar refractivity (Wildman–Crippen MR) is 57.3 cm³/mol. The first-order valence-electron chi connectivity index (χ1n) is 3.77. The van der Waals surface area contributed by atoms with Gasteiger partial charge < -0.3 is 0 Å². The van der Waals surface area contributed by atoms with Crippen LogP contribution in [-0.4, -0.2) is 26.0 Å². The number of aromatic nitrogens is 4. The molecular weight excluding hydrogens is 295 g/mol. The molecule has 0 radical (unpaired) electrons. The molecule has 70 valence electrons. The maximum absolute atomic E-state index is 10.8. The molecule has 0 saturated carbocycles. The SMILES string of the molecule is O=Cc1c(I)ccnc1-n1cncn1. The number of rotatable bonds is 2. The molecule has 14 heavy (non-hydrogen) atoms. The summed E-state index contributed by atoms with van der Waals surface area (Å²) in [7, 11) is 0. The van der Waals surface area contributed by atoms with Gasteiger partial charge in [-0.1, -0.05) is 0 Å². The molecule has 5 nitrogen and oxygen atoms in total. The summed E-state index contributed by atoms with van der Waals surface area (Å²) < 4.78 is 2.31. The fraction of sp³-hybridized carbons (Fsp3) is 0. The van der Waals surface area contributed by atoms with Gasteiger partial charge in [0, 0.05) is 9.77 Å². The molecule has 0 atom stereocenters. The van der Waals surface area contributed by atoms with E-state index < -0.39 is 0 Å². The van der Waals surface area contributed by atoms with Gasteiger partial charge in [-0.3, -0.25) is 4.79 Å². The summed E-state index contributed by atoms with van der Waals surface area (Å²) >= 11 is 2.08. The van der Waals surface area contributed by atoms with Crippen LogP contribution in [0.15, 0.2) is 24.9 Å². The fourth-order valence-corrected chi connectivity index (χ4v) is 1.58. The first-order valence-corrected chi connectivity index (χ1v) is 4.85. The summed E-state index contributed by atoms with van der Waals surface area (Å²) in [6.45, 7) is 0. The highest BCUT2D eigenvalue weighted by Gasteiger charge is 2.08. The highest BCUT2D eigenvalue weighted by atomic mass is 127. The molecule has 2 aromatic rings. The lowest BCUT2D eigenvalue weighted by molar-refractivity contribution is 0.112. The summed E-state index contributed by atoms with van der Waals surface area (Å²) in [6.07, 6.45) is 5.30. The summed E-state index contributed by atoms with van der Waals surface area (Å²) in [4.78, 5) is 18.7. The van der Waals surface area contributed by atoms with Gasteiger partial charge in [-0.15, -0.1) is 0 Å². The zero-order chi connectivity index (χ0) is 9.97. The third kappa shape index (κ3) is 1.52. The lowest BCUT2D eigenvalue weighted by atomic mass is 10.3. The van der Waals surface area contributed by atoms with E-state index in [1.807, 2.05) is 0 Å². The van der Waals surface area contributed by atoms with Crippen LogP contribution < -0.4 is 0 Å². The molecule has 2 rings (SSSR count). The van der Waals surface area contributed by atoms with Gasteiger partial charge in [0.25, 0.3) is 0 Å². The van der Waals surface area contributed by atoms with E-state index in [2.05, 4.69) is 37.7 Å². The van der Waals surface area contributed by atoms with E-state index in [1.54, 1.807) is 12.3 Å². The Kier molecular flexibility index (Phi) is 2.53. The van der Waals surface area contributed by atoms with Crippen LogP contribution in [-0.2, 0) is 0 Å². The first-order chi connectivity index (χ1) is 6.83. The van der Waals surface area contributed by atoms with Crippen molar-refractivity contribution < 1.29 is 4.79 Å². The molecule has 2 heterocycles. The summed E-state index contributed by atoms with van der Waals surface area (Å²) in [5.41, 5.74) is 0.526. The topological polar surface area (TPSA) is 60.7 Å². The third-order valence-electron chi connectivity index (χ3n) is 1.67. The minimum atomic E-state index is 0.504. The van der Waals surface area contributed by atoms with Crippen LogP contribution in [0.25, 0.3) is 5.82 Å². The molecule has 0 aromatic carbocycles. The summed E-state index contributed by atoms with van der Waals surface area (Å²) in [5.74, 6) is 0.504. The second-order valence-corrected chi connectivity index (χ2v) is 3.65. The van der Waals surface area contributed by atoms with E-state index >= 15 is 0 Å². The van der Waals surface area contributed by atoms with Crippen molar-refractivity contribution in [1.29, 1.82) is 0 Å². The Morgan fingerprint density at radius 1 is 1.50 bits per heavy atom. The van der Waals surface area contributed by atoms with E-state index in [-0.39, 0.29) is 0 Å². The van der Waals surface area contributed by atoms with Crippen LogP contribution in [0.2, 0.25) is 0 Å². The highest BCUT2D eigenvalue weighted by Crippen LogP contribution is 2.14. The van der Waals surface area contributed by atoms with Crippen LogP contribution in [0.5, 0.6) is 0 Å². The van der Waals surface area contributed by atoms with Crippen molar-refractivity contribution in [1.82, 2.24) is 19.7 Å². The molecular formula is C8H5IN4O. The van der Waals surface area contributed by atoms with Gasteiger partial charge in [0.1, 0.15) is 12.7 Å². The van der Waals surface area contributed by atoms with Crippen LogP contribution in [0, 0.1) is 3.57 Å². The van der Waals surface area contributed by atoms with Gasteiger partial charge in [-0.05, 0) is 28.7 Å². The highest BCUT2D eigenvalue weighted by molar-refractivity contribution is 14.1. The van der Waals surface area contributed by atoms with Gasteiger partial charge >= 0.3 is 0 Å². The average Bonchev–Trinajstić information content (AvgIpc) is 2.70. The zero-order valence-corrected chi connectivity index (χ0v) is 9.12. The number of carbonyl (C=O) groups excluding carboxylic acids is 1. The van der Waals surface area contributed by atoms with Crippen LogP contribution in [0.3, 0.4) is 0 Å². The van der Waals surface area contributed by atoms with Crippen molar-refractivity contribution in [3.63, 3.8) is 0 Å². The van der Waals surface area contributed by atoms with Crippen LogP contribution >= 0.6 is 22.6 Å². The lowest BCUT2D eigenvalue weighted by Crippen LogP contribution is -2.04. The third-order valence-corrected chi connectivity index (χ3v) is 2.61. The van der Waals surface area contributed by atoms with E-state index in [1.165, 1.54) is 17.3 Å². The molecule has 0 bridgehead atoms. The van der Waals surface area contributed by atoms with Crippen molar-refractivity contribution in [3.05, 3.63) is 34.1 Å². The van der Waals surface area contributed by atoms with Gasteiger partial charge in [0.2, 0.25) is 0 Å². The molecule has 0 spiro atoms. The molecule has 0 unspecified atom stereocenters. The number of aldehydes is 1. The second-order valence-electron chi connectivity index (χ2n) is 2.49. The Morgan fingerprint density at radius 2 is 2.36 bits per heavy atom. The normalized spacial score (nSPS) is 10.1. The molecule has 0 fully saturated rings. The molecule has 6 heteroatoms. The van der Waals surface area contributed by atoms with Crippen LogP contribution in [0.4, 0.5) is 0 Å². The Hall–Kier alpha value is -1.31. The van der Waals surface area contributed by atoms with E-state index in [9.17, 15) is 4.79 Å². The lowest BCUT2D eigenvalue weighted by Gasteiger charge is -2.03. The number of nitrogens with zero attached hydrogens (tertiary/aromatic N) is 4. The van der Waals surface area contributed by atoms with Gasteiger partial charge in [0.15, 0.2) is 12.1 Å². The smallest absolute Gasteiger partial charge is 0.166 e. The van der Waals surface area contributed by atoms with Crippen molar-refractivity contribution in [2.75, 3.05) is 0 Å². The van der Waals surface area contributed by atoms with Gasteiger partial charge in [-0.2, -0.15) is 5.10 Å². The Labute approximate surface area is 93.3 Å². The van der Waals surface area contributed by atoms with Gasteiger partial charge in [-0.25, -0.2) is 14.6 Å². The minimum Gasteiger partial charge on any atom is -0.298 e. The number of hydrogen-bond acceptors (Lipinski definition) is 4. The number of pyridine rings is 1. The van der Waals surface area contributed by atoms with E-state index in [0.717, 1.165) is 9.86 Å². The molecule has 0 aliphatic carbocycles. The molecule has 0 saturated heterocycles. The summed E-state index contributed by atoms with van der Waals surface area (Å²) in [5, 5.41) is 3.92. The first kappa shape index (κ1) is 9.25. The summed E-state index contributed by atoms with van der Waals surface area (Å²) in [6, 6.07) is 1.77. The van der Waals surface area contributed by atoms with E-state index in [0.29, 0.717) is 11.4 Å². The van der Waals surface area contributed by atoms with Crippen molar-refractivity contribution in [2.45, 2.75) is 0 Å². The number of hydrogen-bond donors (Lipinski definition) is 0. The van der Waals surface area contributed by atoms with Crippen molar-refractivity contribution >= 4 is 28.9 Å². The Balaban J connectivity index is 2.64. The van der Waals surface area contributed by atoms with Crippen LogP contribution in [0.1, 0.15) is 10.4 Å². The Bertz CT molecular complexity index is 454. The van der Waals surface area contributed by atoms with E-state index in [4.69, 9.17) is 0 Å². The number of carbonyl (C=O) groups is 1. The molecule has 2 aromatic heterocycles. The maximum atomic E-state index is 10.8. The van der Waals surface area contributed by atoms with Crippen molar-refractivity contribution in [2.24, 2.45) is 0 Å². The second kappa shape index (κ2) is 3.82. The molecule has 0 amide bonds. The quantitative estimate of drug-likeness (QED) is 0.615. The molecule has 0 N–H and O–H groups in total. The van der Waals surface area contributed by atoms with Gasteiger partial charge in [0.05, 0.1) is 5.56 Å². The Morgan fingerprint density at radius 3 is 3.00 bits per heavy atom. The monoisotopic (exact) mass is 300 g/mol. The maximum Gasteiger partial charge on any atom is 0.166 e. The average molecular weight is 300 g/mol. The fourth-order valence-electron chi connectivity index (χ4n) is 1.05. The minimum absolute atomic E-state index is 0.504. The largest absolute Gasteiger partial charge is 0.298 e. The predicted octanol–water partition coefficient (Wildman–Crippen LogP) is 1.08. The molecule has 0 aliphatic rings. The number of halogens is 1.